The molecule has 110 valence electrons. The molecule has 0 aliphatic heterocycles. The van der Waals surface area contributed by atoms with E-state index in [-0.39, 0.29) is 0 Å². The molecule has 1 aromatic carbocycles. The highest BCUT2D eigenvalue weighted by atomic mass is 79.9. The molecule has 3 heteroatoms. The Balaban J connectivity index is 1.60. The first kappa shape index (κ1) is 14.7. The first-order valence-electron chi connectivity index (χ1n) is 7.75. The molecule has 0 spiro atoms. The van der Waals surface area contributed by atoms with Gasteiger partial charge in [0, 0.05) is 22.6 Å². The Morgan fingerprint density at radius 1 is 1.19 bits per heavy atom. The van der Waals surface area contributed by atoms with Gasteiger partial charge in [-0.05, 0) is 56.3 Å². The smallest absolute Gasteiger partial charge is 0.0758 e. The molecule has 3 rings (SSSR count). The number of hydrogen-bond acceptors (Lipinski definition) is 2. The normalized spacial score (nSPS) is 15.2. The second-order valence-electron chi connectivity index (χ2n) is 5.64. The fourth-order valence-electron chi connectivity index (χ4n) is 2.94. The fraction of sp³-hybridized carbons (Fsp3) is 0.389. The number of pyridine rings is 1. The molecular weight excluding hydrogens is 324 g/mol. The van der Waals surface area contributed by atoms with Crippen molar-refractivity contribution in [1.82, 2.24) is 10.3 Å². The molecule has 0 saturated heterocycles. The van der Waals surface area contributed by atoms with Gasteiger partial charge in [0.15, 0.2) is 0 Å². The quantitative estimate of drug-likeness (QED) is 0.611. The fourth-order valence-corrected chi connectivity index (χ4v) is 3.39. The van der Waals surface area contributed by atoms with Crippen molar-refractivity contribution < 1.29 is 0 Å². The predicted octanol–water partition coefficient (Wildman–Crippen LogP) is 4.98. The Morgan fingerprint density at radius 3 is 3.00 bits per heavy atom. The molecule has 1 aliphatic rings. The lowest BCUT2D eigenvalue weighted by molar-refractivity contribution is 0.633. The van der Waals surface area contributed by atoms with Crippen molar-refractivity contribution in [2.45, 2.75) is 38.6 Å². The van der Waals surface area contributed by atoms with E-state index in [9.17, 15) is 0 Å². The van der Waals surface area contributed by atoms with E-state index in [0.29, 0.717) is 0 Å². The Bertz CT molecular complexity index is 649. The number of halogens is 1. The van der Waals surface area contributed by atoms with Crippen LogP contribution in [-0.2, 0) is 6.54 Å². The summed E-state index contributed by atoms with van der Waals surface area (Å²) in [4.78, 5) is 4.53. The lowest BCUT2D eigenvalue weighted by atomic mass is 9.97. The van der Waals surface area contributed by atoms with Crippen LogP contribution >= 0.6 is 15.9 Å². The van der Waals surface area contributed by atoms with E-state index in [1.807, 2.05) is 12.3 Å². The number of nitrogens with one attached hydrogen (secondary N) is 1. The number of hydrogen-bond donors (Lipinski definition) is 1. The molecule has 0 bridgehead atoms. The van der Waals surface area contributed by atoms with E-state index < -0.39 is 0 Å². The number of aromatic nitrogens is 1. The minimum atomic E-state index is 0.883. The zero-order chi connectivity index (χ0) is 14.5. The van der Waals surface area contributed by atoms with Crippen LogP contribution < -0.4 is 5.32 Å². The second-order valence-corrected chi connectivity index (χ2v) is 6.50. The van der Waals surface area contributed by atoms with Crippen LogP contribution in [0.3, 0.4) is 0 Å². The zero-order valence-electron chi connectivity index (χ0n) is 12.2. The second kappa shape index (κ2) is 7.19. The van der Waals surface area contributed by atoms with Gasteiger partial charge in [-0.3, -0.25) is 4.98 Å². The molecule has 2 aromatic rings. The maximum absolute atomic E-state index is 4.53. The standard InChI is InChI=1S/C18H21BrN2/c19-17-9-8-15(18-16(17)7-4-11-21-18)13-20-12-10-14-5-2-1-3-6-14/h4-5,7-9,11,20H,1-3,6,10,12-13H2. The molecule has 21 heavy (non-hydrogen) atoms. The van der Waals surface area contributed by atoms with Crippen molar-refractivity contribution in [2.75, 3.05) is 6.54 Å². The van der Waals surface area contributed by atoms with Crippen molar-refractivity contribution in [3.8, 4) is 0 Å². The van der Waals surface area contributed by atoms with Crippen molar-refractivity contribution in [3.05, 3.63) is 52.1 Å². The molecule has 1 heterocycles. The summed E-state index contributed by atoms with van der Waals surface area (Å²) in [5, 5.41) is 4.75. The summed E-state index contributed by atoms with van der Waals surface area (Å²) < 4.78 is 1.11. The molecule has 0 radical (unpaired) electrons. The molecule has 2 nitrogen and oxygen atoms in total. The number of fused-ring (bicyclic) bond motifs is 1. The predicted molar refractivity (Wildman–Crippen MR) is 92.3 cm³/mol. The summed E-state index contributed by atoms with van der Waals surface area (Å²) in [5.41, 5.74) is 4.00. The zero-order valence-corrected chi connectivity index (χ0v) is 13.8. The van der Waals surface area contributed by atoms with E-state index in [2.05, 4.69) is 50.5 Å². The third-order valence-corrected chi connectivity index (χ3v) is 4.81. The lowest BCUT2D eigenvalue weighted by Gasteiger charge is -2.13. The van der Waals surface area contributed by atoms with Crippen LogP contribution in [0.5, 0.6) is 0 Å². The van der Waals surface area contributed by atoms with E-state index >= 15 is 0 Å². The van der Waals surface area contributed by atoms with E-state index in [4.69, 9.17) is 0 Å². The summed E-state index contributed by atoms with van der Waals surface area (Å²) in [6.45, 7) is 1.93. The molecule has 0 saturated carbocycles. The Morgan fingerprint density at radius 2 is 2.14 bits per heavy atom. The van der Waals surface area contributed by atoms with Gasteiger partial charge in [-0.25, -0.2) is 0 Å². The third kappa shape index (κ3) is 3.72. The highest BCUT2D eigenvalue weighted by Gasteiger charge is 2.06. The summed E-state index contributed by atoms with van der Waals surface area (Å²) in [6.07, 6.45) is 10.8. The lowest BCUT2D eigenvalue weighted by Crippen LogP contribution is -2.16. The Kier molecular flexibility index (Phi) is 5.04. The van der Waals surface area contributed by atoms with Gasteiger partial charge in [-0.2, -0.15) is 0 Å². The minimum absolute atomic E-state index is 0.883. The van der Waals surface area contributed by atoms with Crippen LogP contribution in [0.1, 0.15) is 37.7 Å². The first-order chi connectivity index (χ1) is 10.3. The number of nitrogens with zero attached hydrogens (tertiary/aromatic N) is 1. The molecule has 1 aromatic heterocycles. The van der Waals surface area contributed by atoms with Gasteiger partial charge in [-0.15, -0.1) is 0 Å². The summed E-state index contributed by atoms with van der Waals surface area (Å²) >= 11 is 3.60. The Hall–Kier alpha value is -1.19. The highest BCUT2D eigenvalue weighted by molar-refractivity contribution is 9.10. The first-order valence-corrected chi connectivity index (χ1v) is 8.54. The van der Waals surface area contributed by atoms with Crippen molar-refractivity contribution in [1.29, 1.82) is 0 Å². The van der Waals surface area contributed by atoms with Crippen LogP contribution in [0.15, 0.2) is 46.6 Å². The van der Waals surface area contributed by atoms with E-state index in [1.54, 1.807) is 5.57 Å². The van der Waals surface area contributed by atoms with Gasteiger partial charge >= 0.3 is 0 Å². The van der Waals surface area contributed by atoms with Gasteiger partial charge in [0.05, 0.1) is 5.52 Å². The number of rotatable bonds is 5. The van der Waals surface area contributed by atoms with E-state index in [1.165, 1.54) is 43.1 Å². The van der Waals surface area contributed by atoms with Crippen LogP contribution in [0.25, 0.3) is 10.9 Å². The van der Waals surface area contributed by atoms with Crippen molar-refractivity contribution in [2.24, 2.45) is 0 Å². The summed E-state index contributed by atoms with van der Waals surface area (Å²) in [6, 6.07) is 8.37. The van der Waals surface area contributed by atoms with E-state index in [0.717, 1.165) is 23.1 Å². The SMILES string of the molecule is Brc1ccc(CNCCC2=CCCCC2)c2ncccc12. The number of allylic oxidation sites excluding steroid dienone is 1. The van der Waals surface area contributed by atoms with Crippen LogP contribution in [0.2, 0.25) is 0 Å². The molecular formula is C18H21BrN2. The van der Waals surface area contributed by atoms with Gasteiger partial charge in [-0.1, -0.05) is 39.7 Å². The van der Waals surface area contributed by atoms with Crippen molar-refractivity contribution in [3.63, 3.8) is 0 Å². The van der Waals surface area contributed by atoms with Gasteiger partial charge in [0.25, 0.3) is 0 Å². The monoisotopic (exact) mass is 344 g/mol. The average Bonchev–Trinajstić information content (AvgIpc) is 2.55. The van der Waals surface area contributed by atoms with Crippen LogP contribution in [-0.4, -0.2) is 11.5 Å². The van der Waals surface area contributed by atoms with Crippen LogP contribution in [0, 0.1) is 0 Å². The van der Waals surface area contributed by atoms with Crippen molar-refractivity contribution >= 4 is 26.8 Å². The number of benzene rings is 1. The minimum Gasteiger partial charge on any atom is -0.312 e. The highest BCUT2D eigenvalue weighted by Crippen LogP contribution is 2.25. The average molecular weight is 345 g/mol. The molecule has 0 fully saturated rings. The maximum atomic E-state index is 4.53. The van der Waals surface area contributed by atoms with Gasteiger partial charge < -0.3 is 5.32 Å². The molecule has 0 atom stereocenters. The van der Waals surface area contributed by atoms with Gasteiger partial charge in [0.1, 0.15) is 0 Å². The molecule has 0 unspecified atom stereocenters. The topological polar surface area (TPSA) is 24.9 Å². The Labute approximate surface area is 134 Å². The largest absolute Gasteiger partial charge is 0.312 e. The summed E-state index contributed by atoms with van der Waals surface area (Å²) in [7, 11) is 0. The molecule has 1 N–H and O–H groups in total. The van der Waals surface area contributed by atoms with Gasteiger partial charge in [0.2, 0.25) is 0 Å². The molecule has 0 amide bonds. The maximum Gasteiger partial charge on any atom is 0.0758 e. The molecule has 1 aliphatic carbocycles. The summed E-state index contributed by atoms with van der Waals surface area (Å²) in [5.74, 6) is 0. The third-order valence-electron chi connectivity index (χ3n) is 4.12. The van der Waals surface area contributed by atoms with Crippen LogP contribution in [0.4, 0.5) is 0 Å².